The lowest BCUT2D eigenvalue weighted by atomic mass is 9.78. The molecule has 2 saturated carbocycles. The first-order valence-corrected chi connectivity index (χ1v) is 8.40. The Morgan fingerprint density at radius 1 is 1.11 bits per heavy atom. The fourth-order valence-electron chi connectivity index (χ4n) is 3.39. The second-order valence-corrected chi connectivity index (χ2v) is 8.07. The smallest absolute Gasteiger partial charge is 0.214 e. The van der Waals surface area contributed by atoms with Crippen molar-refractivity contribution in [2.75, 3.05) is 18.8 Å². The van der Waals surface area contributed by atoms with E-state index in [0.29, 0.717) is 30.1 Å². The second kappa shape index (κ2) is 5.27. The predicted octanol–water partition coefficient (Wildman–Crippen LogP) is 1.21. The van der Waals surface area contributed by atoms with Gasteiger partial charge in [-0.15, -0.1) is 12.4 Å². The Balaban J connectivity index is 0.00000120. The molecule has 0 aromatic heterocycles. The van der Waals surface area contributed by atoms with E-state index in [1.165, 1.54) is 6.42 Å². The molecule has 2 N–H and O–H groups in total. The SMILES string of the molecule is Cl.NC1CCCC2CN(S(=O)(=O)CC3CC3)CC12. The summed E-state index contributed by atoms with van der Waals surface area (Å²) in [4.78, 5) is 0. The van der Waals surface area contributed by atoms with E-state index in [0.717, 1.165) is 32.2 Å². The van der Waals surface area contributed by atoms with Gasteiger partial charge in [0.15, 0.2) is 0 Å². The monoisotopic (exact) mass is 294 g/mol. The first kappa shape index (κ1) is 14.6. The van der Waals surface area contributed by atoms with Crippen molar-refractivity contribution in [2.24, 2.45) is 23.5 Å². The molecule has 1 aliphatic heterocycles. The molecule has 0 radical (unpaired) electrons. The third-order valence-corrected chi connectivity index (χ3v) is 6.63. The number of fused-ring (bicyclic) bond motifs is 1. The topological polar surface area (TPSA) is 63.4 Å². The quantitative estimate of drug-likeness (QED) is 0.851. The number of halogens is 1. The lowest BCUT2D eigenvalue weighted by Gasteiger charge is -2.29. The fraction of sp³-hybridized carbons (Fsp3) is 1.00. The van der Waals surface area contributed by atoms with Gasteiger partial charge < -0.3 is 5.73 Å². The molecule has 106 valence electrons. The zero-order chi connectivity index (χ0) is 12.0. The van der Waals surface area contributed by atoms with Crippen LogP contribution in [0.4, 0.5) is 0 Å². The Morgan fingerprint density at radius 3 is 2.44 bits per heavy atom. The molecule has 2 aliphatic carbocycles. The lowest BCUT2D eigenvalue weighted by molar-refractivity contribution is 0.260. The molecule has 0 spiro atoms. The van der Waals surface area contributed by atoms with Crippen LogP contribution in [0.1, 0.15) is 32.1 Å². The van der Waals surface area contributed by atoms with Gasteiger partial charge in [0.05, 0.1) is 5.75 Å². The van der Waals surface area contributed by atoms with E-state index in [2.05, 4.69) is 0 Å². The Morgan fingerprint density at radius 2 is 1.83 bits per heavy atom. The molecule has 3 rings (SSSR count). The highest BCUT2D eigenvalue weighted by Gasteiger charge is 2.43. The first-order valence-electron chi connectivity index (χ1n) is 6.79. The van der Waals surface area contributed by atoms with Gasteiger partial charge in [-0.05, 0) is 43.4 Å². The molecule has 0 aromatic rings. The van der Waals surface area contributed by atoms with E-state index >= 15 is 0 Å². The number of rotatable bonds is 3. The highest BCUT2D eigenvalue weighted by atomic mass is 35.5. The Hall–Kier alpha value is 0.160. The van der Waals surface area contributed by atoms with E-state index in [9.17, 15) is 8.42 Å². The van der Waals surface area contributed by atoms with E-state index in [1.54, 1.807) is 4.31 Å². The van der Waals surface area contributed by atoms with E-state index in [1.807, 2.05) is 0 Å². The Kier molecular flexibility index (Phi) is 4.26. The van der Waals surface area contributed by atoms with Gasteiger partial charge in [-0.1, -0.05) is 6.42 Å². The average Bonchev–Trinajstić information content (AvgIpc) is 2.94. The van der Waals surface area contributed by atoms with Crippen LogP contribution in [0.5, 0.6) is 0 Å². The van der Waals surface area contributed by atoms with Gasteiger partial charge in [-0.3, -0.25) is 0 Å². The summed E-state index contributed by atoms with van der Waals surface area (Å²) in [6.45, 7) is 1.41. The normalized spacial score (nSPS) is 37.1. The van der Waals surface area contributed by atoms with Gasteiger partial charge in [0.25, 0.3) is 0 Å². The van der Waals surface area contributed by atoms with E-state index < -0.39 is 10.0 Å². The molecule has 3 aliphatic rings. The van der Waals surface area contributed by atoms with Crippen molar-refractivity contribution < 1.29 is 8.42 Å². The molecule has 0 aromatic carbocycles. The van der Waals surface area contributed by atoms with E-state index in [-0.39, 0.29) is 18.4 Å². The lowest BCUT2D eigenvalue weighted by Crippen LogP contribution is -2.38. The Labute approximate surface area is 116 Å². The highest BCUT2D eigenvalue weighted by Crippen LogP contribution is 2.38. The number of nitrogens with zero attached hydrogens (tertiary/aromatic N) is 1. The van der Waals surface area contributed by atoms with Crippen LogP contribution in [0.2, 0.25) is 0 Å². The van der Waals surface area contributed by atoms with Gasteiger partial charge in [0, 0.05) is 19.1 Å². The fourth-order valence-corrected chi connectivity index (χ4v) is 5.35. The van der Waals surface area contributed by atoms with E-state index in [4.69, 9.17) is 5.73 Å². The molecule has 1 saturated heterocycles. The molecule has 1 heterocycles. The van der Waals surface area contributed by atoms with Crippen molar-refractivity contribution in [3.8, 4) is 0 Å². The van der Waals surface area contributed by atoms with Crippen molar-refractivity contribution in [3.05, 3.63) is 0 Å². The number of nitrogens with two attached hydrogens (primary N) is 1. The summed E-state index contributed by atoms with van der Waals surface area (Å²) in [5.74, 6) is 1.75. The molecular weight excluding hydrogens is 272 g/mol. The predicted molar refractivity (Wildman–Crippen MR) is 74.1 cm³/mol. The zero-order valence-corrected chi connectivity index (χ0v) is 12.3. The third-order valence-electron chi connectivity index (χ3n) is 4.66. The summed E-state index contributed by atoms with van der Waals surface area (Å²) >= 11 is 0. The minimum Gasteiger partial charge on any atom is -0.327 e. The largest absolute Gasteiger partial charge is 0.327 e. The van der Waals surface area contributed by atoms with Gasteiger partial charge in [-0.25, -0.2) is 12.7 Å². The van der Waals surface area contributed by atoms with Crippen molar-refractivity contribution >= 4 is 22.4 Å². The van der Waals surface area contributed by atoms with Crippen LogP contribution in [0.3, 0.4) is 0 Å². The van der Waals surface area contributed by atoms with Crippen LogP contribution in [0, 0.1) is 17.8 Å². The maximum absolute atomic E-state index is 12.2. The second-order valence-electron chi connectivity index (χ2n) is 6.06. The summed E-state index contributed by atoms with van der Waals surface area (Å²) in [5, 5.41) is 0. The summed E-state index contributed by atoms with van der Waals surface area (Å²) in [6.07, 6.45) is 5.59. The number of hydrogen-bond donors (Lipinski definition) is 1. The maximum Gasteiger partial charge on any atom is 0.214 e. The average molecular weight is 295 g/mol. The van der Waals surface area contributed by atoms with Crippen LogP contribution < -0.4 is 5.73 Å². The Bertz CT molecular complexity index is 397. The molecule has 3 atom stereocenters. The third kappa shape index (κ3) is 2.84. The molecule has 3 fully saturated rings. The first-order chi connectivity index (χ1) is 8.06. The zero-order valence-electron chi connectivity index (χ0n) is 10.6. The van der Waals surface area contributed by atoms with Gasteiger partial charge in [0.1, 0.15) is 0 Å². The molecule has 18 heavy (non-hydrogen) atoms. The number of hydrogen-bond acceptors (Lipinski definition) is 3. The van der Waals surface area contributed by atoms with Crippen molar-refractivity contribution in [1.29, 1.82) is 0 Å². The van der Waals surface area contributed by atoms with Gasteiger partial charge in [0.2, 0.25) is 10.0 Å². The van der Waals surface area contributed by atoms with Crippen molar-refractivity contribution in [3.63, 3.8) is 0 Å². The van der Waals surface area contributed by atoms with Gasteiger partial charge in [-0.2, -0.15) is 0 Å². The van der Waals surface area contributed by atoms with Crippen LogP contribution in [0.15, 0.2) is 0 Å². The number of sulfonamides is 1. The molecule has 0 amide bonds. The minimum atomic E-state index is -3.00. The summed E-state index contributed by atoms with van der Waals surface area (Å²) in [7, 11) is -3.00. The van der Waals surface area contributed by atoms with Crippen molar-refractivity contribution in [2.45, 2.75) is 38.1 Å². The minimum absolute atomic E-state index is 0. The highest BCUT2D eigenvalue weighted by molar-refractivity contribution is 7.89. The maximum atomic E-state index is 12.2. The molecule has 0 bridgehead atoms. The molecule has 4 nitrogen and oxygen atoms in total. The van der Waals surface area contributed by atoms with Crippen molar-refractivity contribution in [1.82, 2.24) is 4.31 Å². The van der Waals surface area contributed by atoms with Gasteiger partial charge >= 0.3 is 0 Å². The van der Waals surface area contributed by atoms with Crippen LogP contribution in [0.25, 0.3) is 0 Å². The molecular formula is C12H23ClN2O2S. The van der Waals surface area contributed by atoms with Crippen LogP contribution in [-0.2, 0) is 10.0 Å². The van der Waals surface area contributed by atoms with Crippen LogP contribution >= 0.6 is 12.4 Å². The summed E-state index contributed by atoms with van der Waals surface area (Å²) in [5.41, 5.74) is 6.12. The standard InChI is InChI=1S/C12H22N2O2S.ClH/c13-12-3-1-2-10-6-14(7-11(10)12)17(15,16)8-9-4-5-9;/h9-12H,1-8,13H2;1H. The summed E-state index contributed by atoms with van der Waals surface area (Å²) in [6, 6.07) is 0.217. The molecule has 6 heteroatoms. The summed E-state index contributed by atoms with van der Waals surface area (Å²) < 4.78 is 26.2. The van der Waals surface area contributed by atoms with Crippen LogP contribution in [-0.4, -0.2) is 37.6 Å². The molecule has 3 unspecified atom stereocenters.